The van der Waals surface area contributed by atoms with Crippen LogP contribution in [-0.2, 0) is 4.79 Å². The van der Waals surface area contributed by atoms with Gasteiger partial charge in [-0.2, -0.15) is 0 Å². The van der Waals surface area contributed by atoms with Gasteiger partial charge >= 0.3 is 0 Å². The number of aliphatic hydroxyl groups excluding tert-OH is 1. The average Bonchev–Trinajstić information content (AvgIpc) is 2.73. The summed E-state index contributed by atoms with van der Waals surface area (Å²) in [6.07, 6.45) is 12.5. The minimum Gasteiger partial charge on any atom is -0.393 e. The monoisotopic (exact) mass is 278 g/mol. The molecule has 3 aliphatic rings. The van der Waals surface area contributed by atoms with Crippen molar-refractivity contribution in [2.45, 2.75) is 83.7 Å². The van der Waals surface area contributed by atoms with E-state index < -0.39 is 0 Å². The molecular weight excluding hydrogens is 248 g/mol. The standard InChI is InChI=1S/C18H30O2/c1-18-12-11-13-5-4-7-14(19)6-2-3-8-15(13)16(18)9-10-17(18)20/h13-16,19H,2-12H2,1H3/t13-,14?,15+,16-,18-/m1/s1. The number of carbonyl (C=O) groups is 1. The molecule has 20 heavy (non-hydrogen) atoms. The van der Waals surface area contributed by atoms with Crippen LogP contribution in [0.3, 0.4) is 0 Å². The van der Waals surface area contributed by atoms with Crippen LogP contribution in [-0.4, -0.2) is 17.0 Å². The highest BCUT2D eigenvalue weighted by atomic mass is 16.3. The van der Waals surface area contributed by atoms with Crippen molar-refractivity contribution in [2.75, 3.05) is 0 Å². The molecular formula is C18H30O2. The summed E-state index contributed by atoms with van der Waals surface area (Å²) in [4.78, 5) is 12.3. The van der Waals surface area contributed by atoms with Crippen molar-refractivity contribution in [3.8, 4) is 0 Å². The summed E-state index contributed by atoms with van der Waals surface area (Å²) in [5, 5.41) is 9.91. The Morgan fingerprint density at radius 1 is 1.00 bits per heavy atom. The first kappa shape index (κ1) is 14.6. The lowest BCUT2D eigenvalue weighted by molar-refractivity contribution is -0.130. The fourth-order valence-corrected chi connectivity index (χ4v) is 5.45. The minimum absolute atomic E-state index is 0.0186. The maximum Gasteiger partial charge on any atom is 0.139 e. The summed E-state index contributed by atoms with van der Waals surface area (Å²) in [5.41, 5.74) is 0.0186. The van der Waals surface area contributed by atoms with Crippen molar-refractivity contribution in [1.29, 1.82) is 0 Å². The smallest absolute Gasteiger partial charge is 0.139 e. The molecule has 3 fully saturated rings. The lowest BCUT2D eigenvalue weighted by atomic mass is 9.58. The maximum atomic E-state index is 12.3. The number of ketones is 1. The van der Waals surface area contributed by atoms with E-state index in [1.165, 1.54) is 38.5 Å². The van der Waals surface area contributed by atoms with Crippen LogP contribution >= 0.6 is 0 Å². The van der Waals surface area contributed by atoms with E-state index in [-0.39, 0.29) is 11.5 Å². The largest absolute Gasteiger partial charge is 0.393 e. The molecule has 0 heterocycles. The number of fused-ring (bicyclic) bond motifs is 3. The summed E-state index contributed by atoms with van der Waals surface area (Å²) in [6, 6.07) is 0. The molecule has 0 bridgehead atoms. The summed E-state index contributed by atoms with van der Waals surface area (Å²) in [5.74, 6) is 2.83. The molecule has 0 amide bonds. The minimum atomic E-state index is -0.0616. The van der Waals surface area contributed by atoms with E-state index in [2.05, 4.69) is 6.92 Å². The number of Topliss-reactive ketones (excluding diaryl/α,β-unsaturated/α-hetero) is 1. The molecule has 0 aliphatic heterocycles. The summed E-state index contributed by atoms with van der Waals surface area (Å²) >= 11 is 0. The topological polar surface area (TPSA) is 37.3 Å². The highest BCUT2D eigenvalue weighted by molar-refractivity contribution is 5.87. The third-order valence-electron chi connectivity index (χ3n) is 6.73. The van der Waals surface area contributed by atoms with Gasteiger partial charge in [-0.3, -0.25) is 4.79 Å². The van der Waals surface area contributed by atoms with Crippen LogP contribution in [0.1, 0.15) is 77.6 Å². The molecule has 3 aliphatic carbocycles. The van der Waals surface area contributed by atoms with Crippen molar-refractivity contribution in [3.63, 3.8) is 0 Å². The predicted octanol–water partition coefficient (Wildman–Crippen LogP) is 4.10. The Morgan fingerprint density at radius 2 is 1.75 bits per heavy atom. The number of aliphatic hydroxyl groups is 1. The van der Waals surface area contributed by atoms with Crippen molar-refractivity contribution in [1.82, 2.24) is 0 Å². The zero-order chi connectivity index (χ0) is 14.2. The van der Waals surface area contributed by atoms with Gasteiger partial charge < -0.3 is 5.11 Å². The van der Waals surface area contributed by atoms with Crippen LogP contribution < -0.4 is 0 Å². The van der Waals surface area contributed by atoms with Crippen LogP contribution in [0.4, 0.5) is 0 Å². The van der Waals surface area contributed by atoms with E-state index in [1.54, 1.807) is 0 Å². The first-order valence-electron chi connectivity index (χ1n) is 8.82. The lowest BCUT2D eigenvalue weighted by Crippen LogP contribution is -2.41. The van der Waals surface area contributed by atoms with Gasteiger partial charge in [0.05, 0.1) is 6.10 Å². The van der Waals surface area contributed by atoms with Gasteiger partial charge in [-0.1, -0.05) is 32.6 Å². The van der Waals surface area contributed by atoms with Crippen molar-refractivity contribution >= 4 is 5.78 Å². The van der Waals surface area contributed by atoms with Gasteiger partial charge in [-0.15, -0.1) is 0 Å². The van der Waals surface area contributed by atoms with Crippen LogP contribution in [0, 0.1) is 23.2 Å². The van der Waals surface area contributed by atoms with E-state index in [4.69, 9.17) is 0 Å². The molecule has 5 atom stereocenters. The molecule has 1 N–H and O–H groups in total. The van der Waals surface area contributed by atoms with E-state index in [1.807, 2.05) is 0 Å². The molecule has 0 aromatic rings. The highest BCUT2D eigenvalue weighted by Crippen LogP contribution is 2.56. The molecule has 1 unspecified atom stereocenters. The Kier molecular flexibility index (Phi) is 4.21. The second kappa shape index (κ2) is 5.79. The molecule has 3 rings (SSSR count). The van der Waals surface area contributed by atoms with Gasteiger partial charge in [-0.05, 0) is 56.3 Å². The summed E-state index contributed by atoms with van der Waals surface area (Å²) in [6.45, 7) is 2.26. The Bertz CT molecular complexity index is 364. The van der Waals surface area contributed by atoms with Gasteiger partial charge in [0, 0.05) is 11.8 Å². The van der Waals surface area contributed by atoms with Crippen LogP contribution in [0.25, 0.3) is 0 Å². The SMILES string of the molecule is C[C@@]12CC[C@H]3CCCC(O)CCCC[C@@H]3[C@H]1CCC2=O. The number of carbonyl (C=O) groups excluding carboxylic acids is 1. The molecule has 0 saturated heterocycles. The quantitative estimate of drug-likeness (QED) is 0.724. The first-order valence-corrected chi connectivity index (χ1v) is 8.82. The zero-order valence-electron chi connectivity index (χ0n) is 12.9. The lowest BCUT2D eigenvalue weighted by Gasteiger charge is -2.46. The number of rotatable bonds is 0. The predicted molar refractivity (Wildman–Crippen MR) is 80.4 cm³/mol. The van der Waals surface area contributed by atoms with Gasteiger partial charge in [0.15, 0.2) is 0 Å². The van der Waals surface area contributed by atoms with Crippen LogP contribution in [0.2, 0.25) is 0 Å². The molecule has 2 heteroatoms. The Balaban J connectivity index is 1.74. The molecule has 2 nitrogen and oxygen atoms in total. The van der Waals surface area contributed by atoms with E-state index >= 15 is 0 Å². The number of hydrogen-bond acceptors (Lipinski definition) is 2. The van der Waals surface area contributed by atoms with Crippen molar-refractivity contribution in [2.24, 2.45) is 23.2 Å². The maximum absolute atomic E-state index is 12.3. The molecule has 0 aromatic heterocycles. The molecule has 0 aromatic carbocycles. The molecule has 3 saturated carbocycles. The summed E-state index contributed by atoms with van der Waals surface area (Å²) in [7, 11) is 0. The fourth-order valence-electron chi connectivity index (χ4n) is 5.45. The normalized spacial score (nSPS) is 46.6. The second-order valence-electron chi connectivity index (χ2n) is 7.82. The average molecular weight is 278 g/mol. The first-order chi connectivity index (χ1) is 9.61. The van der Waals surface area contributed by atoms with Gasteiger partial charge in [-0.25, -0.2) is 0 Å². The van der Waals surface area contributed by atoms with Gasteiger partial charge in [0.2, 0.25) is 0 Å². The zero-order valence-corrected chi connectivity index (χ0v) is 12.9. The third-order valence-corrected chi connectivity index (χ3v) is 6.73. The van der Waals surface area contributed by atoms with Crippen LogP contribution in [0.15, 0.2) is 0 Å². The summed E-state index contributed by atoms with van der Waals surface area (Å²) < 4.78 is 0. The second-order valence-corrected chi connectivity index (χ2v) is 7.82. The van der Waals surface area contributed by atoms with E-state index in [0.29, 0.717) is 11.7 Å². The van der Waals surface area contributed by atoms with Crippen LogP contribution in [0.5, 0.6) is 0 Å². The van der Waals surface area contributed by atoms with E-state index in [9.17, 15) is 9.90 Å². The van der Waals surface area contributed by atoms with Crippen molar-refractivity contribution in [3.05, 3.63) is 0 Å². The molecule has 114 valence electrons. The molecule has 0 radical (unpaired) electrons. The Morgan fingerprint density at radius 3 is 2.60 bits per heavy atom. The third kappa shape index (κ3) is 2.56. The highest BCUT2D eigenvalue weighted by Gasteiger charge is 2.52. The van der Waals surface area contributed by atoms with Crippen molar-refractivity contribution < 1.29 is 9.90 Å². The van der Waals surface area contributed by atoms with Gasteiger partial charge in [0.1, 0.15) is 5.78 Å². The Hall–Kier alpha value is -0.370. The van der Waals surface area contributed by atoms with E-state index in [0.717, 1.165) is 43.9 Å². The van der Waals surface area contributed by atoms with Gasteiger partial charge in [0.25, 0.3) is 0 Å². The number of hydrogen-bond donors (Lipinski definition) is 1. The molecule has 0 spiro atoms. The fraction of sp³-hybridized carbons (Fsp3) is 0.944. The Labute approximate surface area is 123 Å².